The van der Waals surface area contributed by atoms with Crippen molar-refractivity contribution in [1.82, 2.24) is 10.6 Å². The van der Waals surface area contributed by atoms with Gasteiger partial charge in [0.15, 0.2) is 0 Å². The van der Waals surface area contributed by atoms with Crippen LogP contribution in [0.1, 0.15) is 45.1 Å². The minimum absolute atomic E-state index is 0.0434. The van der Waals surface area contributed by atoms with Gasteiger partial charge in [0.2, 0.25) is 0 Å². The first kappa shape index (κ1) is 16.5. The number of urea groups is 1. The van der Waals surface area contributed by atoms with Gasteiger partial charge in [0.25, 0.3) is 0 Å². The molecule has 20 heavy (non-hydrogen) atoms. The van der Waals surface area contributed by atoms with Crippen molar-refractivity contribution in [3.63, 3.8) is 0 Å². The van der Waals surface area contributed by atoms with Gasteiger partial charge in [-0.1, -0.05) is 57.0 Å². The van der Waals surface area contributed by atoms with Gasteiger partial charge in [-0.3, -0.25) is 0 Å². The number of rotatable bonds is 9. The molecule has 0 atom stereocenters. The van der Waals surface area contributed by atoms with Gasteiger partial charge in [0, 0.05) is 13.1 Å². The summed E-state index contributed by atoms with van der Waals surface area (Å²) in [6.45, 7) is 5.87. The normalized spacial score (nSPS) is 10.6. The Bertz CT molecular complexity index is 359. The van der Waals surface area contributed by atoms with Crippen LogP contribution >= 0.6 is 0 Å². The zero-order valence-electron chi connectivity index (χ0n) is 12.8. The van der Waals surface area contributed by atoms with Gasteiger partial charge >= 0.3 is 6.03 Å². The highest BCUT2D eigenvalue weighted by atomic mass is 16.2. The third kappa shape index (κ3) is 7.17. The van der Waals surface area contributed by atoms with E-state index in [9.17, 15) is 4.79 Å². The molecule has 0 saturated carbocycles. The average Bonchev–Trinajstić information content (AvgIpc) is 2.46. The lowest BCUT2D eigenvalue weighted by Crippen LogP contribution is -2.39. The second-order valence-electron chi connectivity index (χ2n) is 5.32. The molecule has 3 heteroatoms. The zero-order valence-corrected chi connectivity index (χ0v) is 12.8. The number of amides is 2. The second-order valence-corrected chi connectivity index (χ2v) is 5.32. The molecule has 112 valence electrons. The predicted molar refractivity (Wildman–Crippen MR) is 84.9 cm³/mol. The molecule has 1 aromatic rings. The molecule has 0 spiro atoms. The lowest BCUT2D eigenvalue weighted by atomic mass is 9.98. The quantitative estimate of drug-likeness (QED) is 0.708. The molecule has 0 heterocycles. The molecule has 1 rings (SSSR count). The Morgan fingerprint density at radius 3 is 2.30 bits per heavy atom. The number of hydrogen-bond donors (Lipinski definition) is 2. The third-order valence-electron chi connectivity index (χ3n) is 3.49. The van der Waals surface area contributed by atoms with Crippen LogP contribution in [-0.4, -0.2) is 19.1 Å². The lowest BCUT2D eigenvalue weighted by Gasteiger charge is -2.16. The van der Waals surface area contributed by atoms with E-state index in [1.807, 2.05) is 18.2 Å². The maximum absolute atomic E-state index is 11.7. The molecule has 0 aliphatic rings. The number of nitrogens with one attached hydrogen (secondary N) is 2. The Kier molecular flexibility index (Phi) is 8.52. The van der Waals surface area contributed by atoms with Gasteiger partial charge in [-0.25, -0.2) is 4.79 Å². The summed E-state index contributed by atoms with van der Waals surface area (Å²) in [5.41, 5.74) is 1.25. The van der Waals surface area contributed by atoms with Crippen molar-refractivity contribution in [3.05, 3.63) is 35.9 Å². The molecule has 0 bridgehead atoms. The topological polar surface area (TPSA) is 41.1 Å². The van der Waals surface area contributed by atoms with Crippen molar-refractivity contribution in [1.29, 1.82) is 0 Å². The summed E-state index contributed by atoms with van der Waals surface area (Å²) in [6, 6.07) is 10.2. The van der Waals surface area contributed by atoms with Gasteiger partial charge < -0.3 is 10.6 Å². The first-order valence-corrected chi connectivity index (χ1v) is 7.81. The molecule has 0 saturated heterocycles. The van der Waals surface area contributed by atoms with Crippen molar-refractivity contribution < 1.29 is 4.79 Å². The summed E-state index contributed by atoms with van der Waals surface area (Å²) < 4.78 is 0. The van der Waals surface area contributed by atoms with E-state index >= 15 is 0 Å². The molecule has 0 fully saturated rings. The minimum Gasteiger partial charge on any atom is -0.338 e. The smallest absolute Gasteiger partial charge is 0.314 e. The summed E-state index contributed by atoms with van der Waals surface area (Å²) in [6.07, 6.45) is 5.63. The molecule has 0 aliphatic heterocycles. The Morgan fingerprint density at radius 1 is 1.05 bits per heavy atom. The summed E-state index contributed by atoms with van der Waals surface area (Å²) in [5.74, 6) is 0.616. The van der Waals surface area contributed by atoms with Crippen molar-refractivity contribution >= 4 is 6.03 Å². The van der Waals surface area contributed by atoms with Crippen LogP contribution in [0, 0.1) is 5.92 Å². The van der Waals surface area contributed by atoms with Crippen LogP contribution in [0.5, 0.6) is 0 Å². The Balaban J connectivity index is 2.16. The average molecular weight is 276 g/mol. The summed E-state index contributed by atoms with van der Waals surface area (Å²) in [7, 11) is 0. The third-order valence-corrected chi connectivity index (χ3v) is 3.49. The van der Waals surface area contributed by atoms with Gasteiger partial charge in [-0.05, 0) is 30.7 Å². The maximum atomic E-state index is 11.7. The standard InChI is InChI=1S/C17H28N2O/c1-3-8-16(9-4-2)14-19-17(20)18-13-12-15-10-6-5-7-11-15/h5-7,10-11,16H,3-4,8-9,12-14H2,1-2H3,(H2,18,19,20). The van der Waals surface area contributed by atoms with E-state index in [1.54, 1.807) is 0 Å². The minimum atomic E-state index is -0.0434. The fraction of sp³-hybridized carbons (Fsp3) is 0.588. The fourth-order valence-electron chi connectivity index (χ4n) is 2.43. The monoisotopic (exact) mass is 276 g/mol. The van der Waals surface area contributed by atoms with Crippen LogP contribution in [0.4, 0.5) is 4.79 Å². The molecule has 3 nitrogen and oxygen atoms in total. The predicted octanol–water partition coefficient (Wildman–Crippen LogP) is 3.74. The van der Waals surface area contributed by atoms with Crippen LogP contribution in [0.25, 0.3) is 0 Å². The molecular formula is C17H28N2O. The van der Waals surface area contributed by atoms with Crippen molar-refractivity contribution in [2.24, 2.45) is 5.92 Å². The first-order chi connectivity index (χ1) is 9.76. The van der Waals surface area contributed by atoms with Crippen LogP contribution in [0.2, 0.25) is 0 Å². The number of hydrogen-bond acceptors (Lipinski definition) is 1. The molecule has 1 aromatic carbocycles. The van der Waals surface area contributed by atoms with Crippen LogP contribution in [0.15, 0.2) is 30.3 Å². The van der Waals surface area contributed by atoms with E-state index in [2.05, 4.69) is 36.6 Å². The summed E-state index contributed by atoms with van der Waals surface area (Å²) in [4.78, 5) is 11.7. The molecule has 2 N–H and O–H groups in total. The van der Waals surface area contributed by atoms with Crippen LogP contribution in [-0.2, 0) is 6.42 Å². The van der Waals surface area contributed by atoms with E-state index in [4.69, 9.17) is 0 Å². The molecule has 0 aliphatic carbocycles. The van der Waals surface area contributed by atoms with Gasteiger partial charge in [0.1, 0.15) is 0 Å². The highest BCUT2D eigenvalue weighted by molar-refractivity contribution is 5.73. The van der Waals surface area contributed by atoms with Crippen molar-refractivity contribution in [2.75, 3.05) is 13.1 Å². The Labute approximate surface area is 123 Å². The Hall–Kier alpha value is -1.51. The maximum Gasteiger partial charge on any atom is 0.314 e. The van der Waals surface area contributed by atoms with Gasteiger partial charge in [-0.2, -0.15) is 0 Å². The van der Waals surface area contributed by atoms with Crippen LogP contribution in [0.3, 0.4) is 0 Å². The van der Waals surface area contributed by atoms with E-state index in [-0.39, 0.29) is 6.03 Å². The highest BCUT2D eigenvalue weighted by Crippen LogP contribution is 2.11. The first-order valence-electron chi connectivity index (χ1n) is 7.81. The number of benzene rings is 1. The Morgan fingerprint density at radius 2 is 1.70 bits per heavy atom. The molecule has 2 amide bonds. The number of carbonyl (C=O) groups excluding carboxylic acids is 1. The van der Waals surface area contributed by atoms with Crippen LogP contribution < -0.4 is 10.6 Å². The van der Waals surface area contributed by atoms with Gasteiger partial charge in [0.05, 0.1) is 0 Å². The summed E-state index contributed by atoms with van der Waals surface area (Å²) >= 11 is 0. The van der Waals surface area contributed by atoms with E-state index < -0.39 is 0 Å². The molecular weight excluding hydrogens is 248 g/mol. The highest BCUT2D eigenvalue weighted by Gasteiger charge is 2.08. The van der Waals surface area contributed by atoms with Crippen molar-refractivity contribution in [3.8, 4) is 0 Å². The lowest BCUT2D eigenvalue weighted by molar-refractivity contribution is 0.238. The molecule has 0 aromatic heterocycles. The van der Waals surface area contributed by atoms with E-state index in [0.717, 1.165) is 13.0 Å². The molecule has 0 unspecified atom stereocenters. The number of carbonyl (C=O) groups is 1. The van der Waals surface area contributed by atoms with E-state index in [1.165, 1.54) is 31.2 Å². The SMILES string of the molecule is CCCC(CCC)CNC(=O)NCCc1ccccc1. The second kappa shape index (κ2) is 10.3. The van der Waals surface area contributed by atoms with E-state index in [0.29, 0.717) is 12.5 Å². The fourth-order valence-corrected chi connectivity index (χ4v) is 2.43. The van der Waals surface area contributed by atoms with Crippen molar-refractivity contribution in [2.45, 2.75) is 46.0 Å². The summed E-state index contributed by atoms with van der Waals surface area (Å²) in [5, 5.41) is 5.91. The van der Waals surface area contributed by atoms with Gasteiger partial charge in [-0.15, -0.1) is 0 Å². The molecule has 0 radical (unpaired) electrons. The largest absolute Gasteiger partial charge is 0.338 e. The zero-order chi connectivity index (χ0) is 14.6.